The number of hydrogen-bond donors (Lipinski definition) is 1. The molecule has 1 aromatic carbocycles. The molecule has 4 nitrogen and oxygen atoms in total. The Kier molecular flexibility index (Phi) is 6.05. The first-order valence-electron chi connectivity index (χ1n) is 7.97. The Bertz CT molecular complexity index is 427. The molecule has 0 atom stereocenters. The monoisotopic (exact) mass is 289 g/mol. The number of rotatable bonds is 5. The van der Waals surface area contributed by atoms with Crippen molar-refractivity contribution in [3.8, 4) is 0 Å². The first-order chi connectivity index (χ1) is 10.2. The van der Waals surface area contributed by atoms with Crippen LogP contribution >= 0.6 is 0 Å². The number of nitrogens with one attached hydrogen (secondary N) is 1. The predicted octanol–water partition coefficient (Wildman–Crippen LogP) is 2.70. The molecule has 21 heavy (non-hydrogen) atoms. The van der Waals surface area contributed by atoms with Crippen LogP contribution in [0.15, 0.2) is 30.3 Å². The van der Waals surface area contributed by atoms with E-state index in [0.717, 1.165) is 45.4 Å². The van der Waals surface area contributed by atoms with Crippen LogP contribution in [0.1, 0.15) is 31.7 Å². The van der Waals surface area contributed by atoms with Gasteiger partial charge in [0.2, 0.25) is 0 Å². The molecule has 0 saturated carbocycles. The number of nitrogens with zero attached hydrogens (tertiary/aromatic N) is 2. The highest BCUT2D eigenvalue weighted by molar-refractivity contribution is 5.74. The van der Waals surface area contributed by atoms with Crippen molar-refractivity contribution in [2.75, 3.05) is 26.7 Å². The van der Waals surface area contributed by atoms with Gasteiger partial charge in [0.05, 0.1) is 0 Å². The third kappa shape index (κ3) is 4.74. The molecule has 0 spiro atoms. The number of amides is 2. The number of benzene rings is 1. The highest BCUT2D eigenvalue weighted by atomic mass is 16.2. The van der Waals surface area contributed by atoms with Gasteiger partial charge in [0.1, 0.15) is 0 Å². The number of carbonyl (C=O) groups is 1. The van der Waals surface area contributed by atoms with Gasteiger partial charge in [0.15, 0.2) is 0 Å². The molecule has 0 unspecified atom stereocenters. The van der Waals surface area contributed by atoms with Gasteiger partial charge in [0.25, 0.3) is 0 Å². The third-order valence-corrected chi connectivity index (χ3v) is 4.20. The molecule has 1 aromatic rings. The fraction of sp³-hybridized carbons (Fsp3) is 0.588. The molecule has 1 aliphatic heterocycles. The summed E-state index contributed by atoms with van der Waals surface area (Å²) in [5.74, 6) is 0. The van der Waals surface area contributed by atoms with Crippen LogP contribution in [0.5, 0.6) is 0 Å². The molecule has 0 radical (unpaired) electrons. The quantitative estimate of drug-likeness (QED) is 0.904. The first-order valence-corrected chi connectivity index (χ1v) is 7.97. The second kappa shape index (κ2) is 8.03. The lowest BCUT2D eigenvalue weighted by atomic mass is 10.0. The Hall–Kier alpha value is -1.55. The van der Waals surface area contributed by atoms with Crippen molar-refractivity contribution < 1.29 is 4.79 Å². The van der Waals surface area contributed by atoms with Crippen LogP contribution < -0.4 is 5.32 Å². The van der Waals surface area contributed by atoms with Crippen molar-refractivity contribution in [2.45, 2.75) is 38.8 Å². The number of urea groups is 1. The molecule has 1 aliphatic rings. The second-order valence-corrected chi connectivity index (χ2v) is 5.84. The highest BCUT2D eigenvalue weighted by Crippen LogP contribution is 2.17. The van der Waals surface area contributed by atoms with Crippen molar-refractivity contribution in [3.05, 3.63) is 35.9 Å². The molecule has 4 heteroatoms. The maximum Gasteiger partial charge on any atom is 0.317 e. The minimum absolute atomic E-state index is 0.0679. The van der Waals surface area contributed by atoms with Gasteiger partial charge >= 0.3 is 6.03 Å². The normalized spacial score (nSPS) is 16.7. The molecule has 1 fully saturated rings. The van der Waals surface area contributed by atoms with Crippen LogP contribution in [0.2, 0.25) is 0 Å². The molecular formula is C17H27N3O. The van der Waals surface area contributed by atoms with E-state index in [1.807, 2.05) is 11.9 Å². The van der Waals surface area contributed by atoms with E-state index in [-0.39, 0.29) is 6.03 Å². The van der Waals surface area contributed by atoms with Crippen LogP contribution in [-0.2, 0) is 6.54 Å². The molecule has 2 rings (SSSR count). The lowest BCUT2D eigenvalue weighted by Crippen LogP contribution is -2.48. The van der Waals surface area contributed by atoms with Gasteiger partial charge in [-0.3, -0.25) is 4.90 Å². The average Bonchev–Trinajstić information content (AvgIpc) is 2.53. The molecule has 116 valence electrons. The highest BCUT2D eigenvalue weighted by Gasteiger charge is 2.25. The second-order valence-electron chi connectivity index (χ2n) is 5.84. The molecule has 0 aromatic heterocycles. The maximum atomic E-state index is 12.0. The van der Waals surface area contributed by atoms with Crippen molar-refractivity contribution >= 4 is 6.03 Å². The number of piperidine rings is 1. The van der Waals surface area contributed by atoms with Crippen LogP contribution in [0, 0.1) is 0 Å². The summed E-state index contributed by atoms with van der Waals surface area (Å²) in [5, 5.41) is 2.95. The standard InChI is InChI=1S/C17H27N3O/c1-3-11-18-17(21)19(2)16-9-12-20(13-10-16)14-15-7-5-4-6-8-15/h4-8,16H,3,9-14H2,1-2H3,(H,18,21). The molecule has 0 aliphatic carbocycles. The van der Waals surface area contributed by atoms with Gasteiger partial charge in [-0.25, -0.2) is 4.79 Å². The van der Waals surface area contributed by atoms with Gasteiger partial charge < -0.3 is 10.2 Å². The summed E-state index contributed by atoms with van der Waals surface area (Å²) in [5.41, 5.74) is 1.37. The van der Waals surface area contributed by atoms with E-state index < -0.39 is 0 Å². The number of carbonyl (C=O) groups excluding carboxylic acids is 1. The summed E-state index contributed by atoms with van der Waals surface area (Å²) in [4.78, 5) is 16.3. The molecular weight excluding hydrogens is 262 g/mol. The number of likely N-dealkylation sites (tertiary alicyclic amines) is 1. The van der Waals surface area contributed by atoms with E-state index >= 15 is 0 Å². The van der Waals surface area contributed by atoms with E-state index in [1.165, 1.54) is 5.56 Å². The summed E-state index contributed by atoms with van der Waals surface area (Å²) >= 11 is 0. The first kappa shape index (κ1) is 15.8. The van der Waals surface area contributed by atoms with Crippen molar-refractivity contribution in [2.24, 2.45) is 0 Å². The Morgan fingerprint density at radius 1 is 1.29 bits per heavy atom. The SMILES string of the molecule is CCCNC(=O)N(C)C1CCN(Cc2ccccc2)CC1. The Morgan fingerprint density at radius 3 is 2.57 bits per heavy atom. The van der Waals surface area contributed by atoms with Crippen LogP contribution in [0.25, 0.3) is 0 Å². The Morgan fingerprint density at radius 2 is 1.95 bits per heavy atom. The fourth-order valence-electron chi connectivity index (χ4n) is 2.83. The molecule has 2 amide bonds. The molecule has 0 bridgehead atoms. The maximum absolute atomic E-state index is 12.0. The predicted molar refractivity (Wildman–Crippen MR) is 86.2 cm³/mol. The third-order valence-electron chi connectivity index (χ3n) is 4.20. The fourth-order valence-corrected chi connectivity index (χ4v) is 2.83. The van der Waals surface area contributed by atoms with Gasteiger partial charge in [-0.05, 0) is 24.8 Å². The van der Waals surface area contributed by atoms with Crippen LogP contribution in [0.4, 0.5) is 4.79 Å². The summed E-state index contributed by atoms with van der Waals surface area (Å²) in [6.07, 6.45) is 3.10. The van der Waals surface area contributed by atoms with E-state index in [4.69, 9.17) is 0 Å². The van der Waals surface area contributed by atoms with E-state index in [9.17, 15) is 4.79 Å². The Labute approximate surface area is 128 Å². The van der Waals surface area contributed by atoms with E-state index in [2.05, 4.69) is 47.5 Å². The molecule has 1 heterocycles. The van der Waals surface area contributed by atoms with Crippen molar-refractivity contribution in [3.63, 3.8) is 0 Å². The van der Waals surface area contributed by atoms with Crippen molar-refractivity contribution in [1.29, 1.82) is 0 Å². The lowest BCUT2D eigenvalue weighted by Gasteiger charge is -2.36. The lowest BCUT2D eigenvalue weighted by molar-refractivity contribution is 0.131. The summed E-state index contributed by atoms with van der Waals surface area (Å²) in [6, 6.07) is 11.0. The minimum atomic E-state index is 0.0679. The van der Waals surface area contributed by atoms with Gasteiger partial charge in [-0.2, -0.15) is 0 Å². The largest absolute Gasteiger partial charge is 0.338 e. The Balaban J connectivity index is 1.76. The number of hydrogen-bond acceptors (Lipinski definition) is 2. The summed E-state index contributed by atoms with van der Waals surface area (Å²) in [6.45, 7) is 5.97. The minimum Gasteiger partial charge on any atom is -0.338 e. The van der Waals surface area contributed by atoms with Crippen LogP contribution in [-0.4, -0.2) is 48.6 Å². The van der Waals surface area contributed by atoms with Crippen LogP contribution in [0.3, 0.4) is 0 Å². The van der Waals surface area contributed by atoms with Gasteiger partial charge in [-0.1, -0.05) is 37.3 Å². The van der Waals surface area contributed by atoms with Gasteiger partial charge in [0, 0.05) is 39.3 Å². The van der Waals surface area contributed by atoms with E-state index in [0.29, 0.717) is 6.04 Å². The molecule has 1 saturated heterocycles. The summed E-state index contributed by atoms with van der Waals surface area (Å²) < 4.78 is 0. The van der Waals surface area contributed by atoms with E-state index in [1.54, 1.807) is 0 Å². The zero-order valence-corrected chi connectivity index (χ0v) is 13.2. The molecule has 1 N–H and O–H groups in total. The summed E-state index contributed by atoms with van der Waals surface area (Å²) in [7, 11) is 1.92. The smallest absolute Gasteiger partial charge is 0.317 e. The van der Waals surface area contributed by atoms with Crippen molar-refractivity contribution in [1.82, 2.24) is 15.1 Å². The van der Waals surface area contributed by atoms with Gasteiger partial charge in [-0.15, -0.1) is 0 Å². The zero-order valence-electron chi connectivity index (χ0n) is 13.2. The zero-order chi connectivity index (χ0) is 15.1. The topological polar surface area (TPSA) is 35.6 Å². The average molecular weight is 289 g/mol.